The minimum atomic E-state index is -1.21. The Labute approximate surface area is 241 Å². The van der Waals surface area contributed by atoms with Gasteiger partial charge in [-0.1, -0.05) is 69.0 Å². The molecule has 220 valence electrons. The van der Waals surface area contributed by atoms with Gasteiger partial charge in [-0.3, -0.25) is 14.3 Å². The van der Waals surface area contributed by atoms with Crippen molar-refractivity contribution in [3.63, 3.8) is 0 Å². The zero-order valence-electron chi connectivity index (χ0n) is 24.2. The van der Waals surface area contributed by atoms with Crippen molar-refractivity contribution < 1.29 is 38.4 Å². The van der Waals surface area contributed by atoms with Crippen LogP contribution in [-0.2, 0) is 33.3 Å². The zero-order chi connectivity index (χ0) is 29.9. The van der Waals surface area contributed by atoms with Crippen LogP contribution in [0.5, 0.6) is 0 Å². The maximum atomic E-state index is 13.0. The molecule has 1 saturated carbocycles. The quantitative estimate of drug-likeness (QED) is 0.142. The van der Waals surface area contributed by atoms with E-state index in [4.69, 9.17) is 18.9 Å². The Hall–Kier alpha value is -3.49. The highest BCUT2D eigenvalue weighted by atomic mass is 16.8. The third kappa shape index (κ3) is 5.95. The fourth-order valence-electron chi connectivity index (χ4n) is 6.93. The van der Waals surface area contributed by atoms with Crippen LogP contribution < -0.4 is 0 Å². The Balaban J connectivity index is 1.79. The van der Waals surface area contributed by atoms with E-state index in [0.29, 0.717) is 31.3 Å². The van der Waals surface area contributed by atoms with E-state index < -0.39 is 53.5 Å². The van der Waals surface area contributed by atoms with Crippen molar-refractivity contribution in [3.05, 3.63) is 78.4 Å². The Bertz CT molecular complexity index is 1250. The van der Waals surface area contributed by atoms with Crippen LogP contribution in [0.15, 0.2) is 72.9 Å². The molecule has 41 heavy (non-hydrogen) atoms. The predicted molar refractivity (Wildman–Crippen MR) is 153 cm³/mol. The standard InChI is InChI=1S/C33H40O8/c1-7-20(2)15-16-32(6)21(3)17-28(36)33-26(30(38-22(4)34)41-31(33)39-23(5)35)18-25(19-27(32)33)40-29(37)14-13-24-11-9-8-10-12-24/h7-14,18,21,25,27-28,30-31,36H,1-2,15-17,19H2,3-6H3/b14-13+/t21-,25-,27+,28+,30+,31-,32-,33-/m1/s1. The third-order valence-corrected chi connectivity index (χ3v) is 9.15. The van der Waals surface area contributed by atoms with Gasteiger partial charge >= 0.3 is 17.9 Å². The number of aliphatic hydroxyl groups is 1. The molecule has 0 radical (unpaired) electrons. The van der Waals surface area contributed by atoms with Crippen molar-refractivity contribution in [2.24, 2.45) is 22.7 Å². The molecule has 1 heterocycles. The van der Waals surface area contributed by atoms with Crippen LogP contribution in [0.1, 0.15) is 58.9 Å². The molecule has 1 aliphatic heterocycles. The summed E-state index contributed by atoms with van der Waals surface area (Å²) >= 11 is 0. The van der Waals surface area contributed by atoms with Gasteiger partial charge in [0.2, 0.25) is 12.6 Å². The fourth-order valence-corrected chi connectivity index (χ4v) is 6.93. The number of allylic oxidation sites excluding steroid dienone is 2. The number of benzene rings is 1. The van der Waals surface area contributed by atoms with Gasteiger partial charge in [-0.2, -0.15) is 0 Å². The van der Waals surface area contributed by atoms with Crippen LogP contribution in [0.25, 0.3) is 6.08 Å². The van der Waals surface area contributed by atoms with Gasteiger partial charge in [0.1, 0.15) is 6.10 Å². The summed E-state index contributed by atoms with van der Waals surface area (Å²) in [7, 11) is 0. The number of ether oxygens (including phenoxy) is 4. The number of aliphatic hydroxyl groups excluding tert-OH is 1. The molecule has 8 atom stereocenters. The Morgan fingerprint density at radius 1 is 1.10 bits per heavy atom. The van der Waals surface area contributed by atoms with Gasteiger partial charge in [0, 0.05) is 25.5 Å². The number of carbonyl (C=O) groups excluding carboxylic acids is 3. The summed E-state index contributed by atoms with van der Waals surface area (Å²) < 4.78 is 23.3. The van der Waals surface area contributed by atoms with E-state index in [0.717, 1.165) is 11.1 Å². The first-order valence-electron chi connectivity index (χ1n) is 14.1. The van der Waals surface area contributed by atoms with E-state index in [1.165, 1.54) is 19.9 Å². The van der Waals surface area contributed by atoms with E-state index in [9.17, 15) is 19.5 Å². The first-order chi connectivity index (χ1) is 19.4. The lowest BCUT2D eigenvalue weighted by molar-refractivity contribution is -0.254. The number of rotatable bonds is 9. The first kappa shape index (κ1) is 30.5. The Morgan fingerprint density at radius 2 is 1.78 bits per heavy atom. The topological polar surface area (TPSA) is 108 Å². The Morgan fingerprint density at radius 3 is 2.41 bits per heavy atom. The number of carbonyl (C=O) groups is 3. The molecular weight excluding hydrogens is 524 g/mol. The number of hydrogen-bond acceptors (Lipinski definition) is 8. The normalized spacial score (nSPS) is 34.1. The van der Waals surface area contributed by atoms with Crippen LogP contribution in [-0.4, -0.2) is 47.8 Å². The van der Waals surface area contributed by atoms with Crippen molar-refractivity contribution in [1.82, 2.24) is 0 Å². The van der Waals surface area contributed by atoms with Gasteiger partial charge < -0.3 is 19.3 Å². The molecule has 0 aromatic heterocycles. The molecule has 1 aromatic rings. The molecule has 4 rings (SSSR count). The van der Waals surface area contributed by atoms with Crippen LogP contribution in [0, 0.1) is 22.7 Å². The molecule has 8 nitrogen and oxygen atoms in total. The van der Waals surface area contributed by atoms with Crippen molar-refractivity contribution in [2.75, 3.05) is 0 Å². The van der Waals surface area contributed by atoms with Crippen molar-refractivity contribution >= 4 is 24.0 Å². The van der Waals surface area contributed by atoms with E-state index >= 15 is 0 Å². The minimum Gasteiger partial charge on any atom is -0.455 e. The molecule has 1 spiro atoms. The second kappa shape index (κ2) is 12.2. The summed E-state index contributed by atoms with van der Waals surface area (Å²) in [5.74, 6) is -2.04. The lowest BCUT2D eigenvalue weighted by Gasteiger charge is -2.60. The van der Waals surface area contributed by atoms with E-state index in [2.05, 4.69) is 27.0 Å². The molecule has 0 bridgehead atoms. The summed E-state index contributed by atoms with van der Waals surface area (Å²) in [5.41, 5.74) is 0.561. The van der Waals surface area contributed by atoms with Gasteiger partial charge in [0.15, 0.2) is 0 Å². The van der Waals surface area contributed by atoms with Crippen molar-refractivity contribution in [2.45, 2.75) is 78.2 Å². The van der Waals surface area contributed by atoms with Crippen LogP contribution in [0.3, 0.4) is 0 Å². The van der Waals surface area contributed by atoms with Gasteiger partial charge in [0.05, 0.1) is 11.5 Å². The number of esters is 3. The lowest BCUT2D eigenvalue weighted by atomic mass is 9.45. The molecule has 2 aliphatic carbocycles. The highest BCUT2D eigenvalue weighted by Crippen LogP contribution is 2.67. The van der Waals surface area contributed by atoms with Gasteiger partial charge in [-0.15, -0.1) is 0 Å². The highest BCUT2D eigenvalue weighted by Gasteiger charge is 2.71. The SMILES string of the molecule is C=CC(=C)CC[C@]1(C)[C@H](C)C[C@H](O)[C@@]23C(=C[C@@H](OC(=O)/C=C/c4ccccc4)C[C@@H]12)[C@@H](OC(C)=O)O[C@H]3OC(C)=O. The van der Waals surface area contributed by atoms with Crippen molar-refractivity contribution in [3.8, 4) is 0 Å². The van der Waals surface area contributed by atoms with E-state index in [1.807, 2.05) is 30.3 Å². The monoisotopic (exact) mass is 564 g/mol. The third-order valence-electron chi connectivity index (χ3n) is 9.15. The minimum absolute atomic E-state index is 0.0465. The highest BCUT2D eigenvalue weighted by molar-refractivity contribution is 5.87. The largest absolute Gasteiger partial charge is 0.455 e. The summed E-state index contributed by atoms with van der Waals surface area (Å²) in [4.78, 5) is 37.3. The molecule has 1 aromatic carbocycles. The maximum absolute atomic E-state index is 13.0. The Kier molecular flexibility index (Phi) is 9.04. The second-order valence-electron chi connectivity index (χ2n) is 11.6. The smallest absolute Gasteiger partial charge is 0.331 e. The average molecular weight is 565 g/mol. The van der Waals surface area contributed by atoms with Crippen LogP contribution >= 0.6 is 0 Å². The molecule has 8 heteroatoms. The van der Waals surface area contributed by atoms with Gasteiger partial charge in [-0.05, 0) is 60.6 Å². The summed E-state index contributed by atoms with van der Waals surface area (Å²) in [6.45, 7) is 14.7. The summed E-state index contributed by atoms with van der Waals surface area (Å²) in [6, 6.07) is 9.40. The van der Waals surface area contributed by atoms with E-state index in [1.54, 1.807) is 18.2 Å². The molecular formula is C33H40O8. The lowest BCUT2D eigenvalue weighted by Crippen LogP contribution is -2.63. The number of hydrogen-bond donors (Lipinski definition) is 1. The molecule has 0 unspecified atom stereocenters. The summed E-state index contributed by atoms with van der Waals surface area (Å²) in [5, 5.41) is 11.8. The molecule has 1 saturated heterocycles. The molecule has 0 amide bonds. The summed E-state index contributed by atoms with van der Waals surface area (Å²) in [6.07, 6.45) is 4.53. The first-order valence-corrected chi connectivity index (χ1v) is 14.1. The molecule has 2 fully saturated rings. The maximum Gasteiger partial charge on any atom is 0.331 e. The second-order valence-corrected chi connectivity index (χ2v) is 11.6. The molecule has 1 N–H and O–H groups in total. The average Bonchev–Trinajstić information content (AvgIpc) is 3.21. The predicted octanol–water partition coefficient (Wildman–Crippen LogP) is 5.28. The van der Waals surface area contributed by atoms with Crippen LogP contribution in [0.2, 0.25) is 0 Å². The molecule has 3 aliphatic rings. The zero-order valence-corrected chi connectivity index (χ0v) is 24.2. The van der Waals surface area contributed by atoms with Crippen molar-refractivity contribution in [1.29, 1.82) is 0 Å². The fraction of sp³-hybridized carbons (Fsp3) is 0.485. The van der Waals surface area contributed by atoms with Gasteiger partial charge in [-0.25, -0.2) is 4.79 Å². The van der Waals surface area contributed by atoms with Crippen LogP contribution in [0.4, 0.5) is 0 Å². The van der Waals surface area contributed by atoms with E-state index in [-0.39, 0.29) is 11.8 Å². The van der Waals surface area contributed by atoms with Gasteiger partial charge in [0.25, 0.3) is 0 Å².